The summed E-state index contributed by atoms with van der Waals surface area (Å²) in [6, 6.07) is 0. The Bertz CT molecular complexity index is 549. The number of hydrogen-bond acceptors (Lipinski definition) is 6. The first kappa shape index (κ1) is 21.9. The zero-order chi connectivity index (χ0) is 19.0. The zero-order valence-corrected chi connectivity index (χ0v) is 14.9. The molecule has 24 heavy (non-hydrogen) atoms. The Morgan fingerprint density at radius 3 is 2.25 bits per heavy atom. The van der Waals surface area contributed by atoms with Gasteiger partial charge in [0.05, 0.1) is 20.8 Å². The second kappa shape index (κ2) is 8.70. The summed E-state index contributed by atoms with van der Waals surface area (Å²) in [7, 11) is 0.161. The van der Waals surface area contributed by atoms with Crippen LogP contribution in [0.15, 0.2) is 4.99 Å². The van der Waals surface area contributed by atoms with Crippen LogP contribution < -0.4 is 5.32 Å². The lowest BCUT2D eigenvalue weighted by Crippen LogP contribution is -2.50. The number of nitrogens with one attached hydrogen (secondary N) is 1. The molecule has 11 heteroatoms. The predicted molar refractivity (Wildman–Crippen MR) is 81.5 cm³/mol. The van der Waals surface area contributed by atoms with E-state index in [4.69, 9.17) is 0 Å². The van der Waals surface area contributed by atoms with Gasteiger partial charge in [-0.2, -0.15) is 18.1 Å². The summed E-state index contributed by atoms with van der Waals surface area (Å²) in [4.78, 5) is 35.4. The van der Waals surface area contributed by atoms with Crippen molar-refractivity contribution in [1.29, 1.82) is 0 Å². The highest BCUT2D eigenvalue weighted by atomic mass is 28.3. The average Bonchev–Trinajstić information content (AvgIpc) is 2.46. The van der Waals surface area contributed by atoms with Gasteiger partial charge in [0.2, 0.25) is 11.9 Å². The van der Waals surface area contributed by atoms with Crippen LogP contribution in [0.25, 0.3) is 0 Å². The minimum atomic E-state index is -5.11. The molecule has 0 bridgehead atoms. The highest BCUT2D eigenvalue weighted by molar-refractivity contribution is 6.83. The molecule has 0 aliphatic rings. The zero-order valence-electron chi connectivity index (χ0n) is 13.9. The number of carbonyl (C=O) groups excluding carboxylic acids is 2. The van der Waals surface area contributed by atoms with E-state index in [1.54, 1.807) is 5.32 Å². The topological polar surface area (TPSA) is 86.2 Å². The molecule has 1 atom stereocenters. The molecule has 0 saturated carbocycles. The van der Waals surface area contributed by atoms with E-state index in [1.807, 2.05) is 19.6 Å². The Balaban J connectivity index is 5.76. The van der Waals surface area contributed by atoms with Crippen LogP contribution in [0.3, 0.4) is 0 Å². The molecule has 0 aromatic heterocycles. The molecule has 0 rings (SSSR count). The van der Waals surface area contributed by atoms with Gasteiger partial charge >= 0.3 is 18.1 Å². The predicted octanol–water partition coefficient (Wildman–Crippen LogP) is 1.06. The van der Waals surface area contributed by atoms with E-state index in [2.05, 4.69) is 31.0 Å². The number of rotatable bonds is 6. The highest BCUT2D eigenvalue weighted by Crippen LogP contribution is 2.17. The Labute approximate surface area is 138 Å². The smallest absolute Gasteiger partial charge is 0.466 e. The summed E-state index contributed by atoms with van der Waals surface area (Å²) in [5.41, 5.74) is 0.724. The molecule has 0 aromatic rings. The molecule has 0 saturated heterocycles. The second-order valence-electron chi connectivity index (χ2n) is 5.53. The van der Waals surface area contributed by atoms with Crippen molar-refractivity contribution < 1.29 is 37.3 Å². The van der Waals surface area contributed by atoms with Crippen LogP contribution in [0.2, 0.25) is 19.6 Å². The first-order chi connectivity index (χ1) is 10.9. The van der Waals surface area contributed by atoms with Crippen molar-refractivity contribution in [3.8, 4) is 11.5 Å². The maximum Gasteiger partial charge on any atom is 0.471 e. The maximum absolute atomic E-state index is 12.3. The molecule has 0 fully saturated rings. The van der Waals surface area contributed by atoms with Gasteiger partial charge < -0.3 is 14.9 Å². The summed E-state index contributed by atoms with van der Waals surface area (Å²) < 4.78 is 41.6. The van der Waals surface area contributed by atoms with Crippen molar-refractivity contribution in [2.24, 2.45) is 4.99 Å². The Hall–Kier alpha value is -2.06. The molecule has 0 heterocycles. The minimum Gasteiger partial charge on any atom is -0.466 e. The molecule has 0 radical (unpaired) electrons. The lowest BCUT2D eigenvalue weighted by Gasteiger charge is -2.22. The van der Waals surface area contributed by atoms with Crippen LogP contribution in [-0.4, -0.2) is 58.8 Å². The van der Waals surface area contributed by atoms with Gasteiger partial charge in [-0.25, -0.2) is 9.79 Å². The molecular weight excluding hydrogens is 349 g/mol. The van der Waals surface area contributed by atoms with Gasteiger partial charge in [0.25, 0.3) is 0 Å². The number of amides is 1. The maximum atomic E-state index is 12.3. The number of halogens is 3. The fourth-order valence-electron chi connectivity index (χ4n) is 1.22. The standard InChI is InChI=1S/C13H19F3N2O5Si/c1-21-11(20)12(18-9-23-22-2,6-7-24(3,4)5)8-17-10(19)13(14,15)16/h9H,8H2,1-5H3,(H,17,19)/b18-9+. The molecule has 1 N–H and O–H groups in total. The summed E-state index contributed by atoms with van der Waals surface area (Å²) >= 11 is 0. The van der Waals surface area contributed by atoms with E-state index >= 15 is 0 Å². The molecule has 1 unspecified atom stereocenters. The van der Waals surface area contributed by atoms with E-state index in [0.29, 0.717) is 6.40 Å². The molecule has 0 aliphatic carbocycles. The molecular formula is C13H19F3N2O5Si. The van der Waals surface area contributed by atoms with Crippen LogP contribution in [0.1, 0.15) is 0 Å². The second-order valence-corrected chi connectivity index (χ2v) is 10.3. The summed E-state index contributed by atoms with van der Waals surface area (Å²) in [5, 5.41) is 1.58. The third kappa shape index (κ3) is 7.47. The van der Waals surface area contributed by atoms with Gasteiger partial charge in [0.15, 0.2) is 0 Å². The van der Waals surface area contributed by atoms with Crippen molar-refractivity contribution in [3.05, 3.63) is 0 Å². The lowest BCUT2D eigenvalue weighted by molar-refractivity contribution is -0.188. The third-order valence-electron chi connectivity index (χ3n) is 2.34. The van der Waals surface area contributed by atoms with Crippen molar-refractivity contribution in [2.45, 2.75) is 31.4 Å². The summed E-state index contributed by atoms with van der Waals surface area (Å²) in [6.07, 6.45) is -4.42. The fourth-order valence-corrected chi connectivity index (χ4v) is 1.80. The molecule has 0 spiro atoms. The average molecular weight is 368 g/mol. The van der Waals surface area contributed by atoms with Crippen LogP contribution >= 0.6 is 0 Å². The number of nitrogens with zero attached hydrogens (tertiary/aromatic N) is 1. The van der Waals surface area contributed by atoms with Crippen LogP contribution in [0, 0.1) is 11.5 Å². The number of esters is 1. The Morgan fingerprint density at radius 2 is 1.83 bits per heavy atom. The van der Waals surface area contributed by atoms with Gasteiger partial charge in [-0.05, 0) is 0 Å². The van der Waals surface area contributed by atoms with E-state index in [0.717, 1.165) is 14.2 Å². The van der Waals surface area contributed by atoms with Crippen molar-refractivity contribution in [3.63, 3.8) is 0 Å². The fraction of sp³-hybridized carbons (Fsp3) is 0.615. The quantitative estimate of drug-likeness (QED) is 0.144. The van der Waals surface area contributed by atoms with E-state index in [-0.39, 0.29) is 0 Å². The van der Waals surface area contributed by atoms with Crippen molar-refractivity contribution in [2.75, 3.05) is 20.8 Å². The largest absolute Gasteiger partial charge is 0.471 e. The number of aliphatic imine (C=N–C) groups is 1. The van der Waals surface area contributed by atoms with Gasteiger partial charge in [-0.1, -0.05) is 25.6 Å². The number of alkyl halides is 3. The molecule has 136 valence electrons. The number of hydrogen-bond donors (Lipinski definition) is 1. The van der Waals surface area contributed by atoms with Crippen molar-refractivity contribution in [1.82, 2.24) is 5.32 Å². The molecule has 0 aliphatic heterocycles. The normalized spacial score (nSPS) is 14.3. The highest BCUT2D eigenvalue weighted by Gasteiger charge is 2.43. The minimum absolute atomic E-state index is 0.690. The summed E-state index contributed by atoms with van der Waals surface area (Å²) in [5.74, 6) is -0.766. The molecule has 7 nitrogen and oxygen atoms in total. The van der Waals surface area contributed by atoms with E-state index in [1.165, 1.54) is 0 Å². The first-order valence-corrected chi connectivity index (χ1v) is 10.1. The number of carbonyl (C=O) groups is 2. The lowest BCUT2D eigenvalue weighted by atomic mass is 10.0. The molecule has 0 aromatic carbocycles. The Morgan fingerprint density at radius 1 is 1.25 bits per heavy atom. The third-order valence-corrected chi connectivity index (χ3v) is 3.22. The van der Waals surface area contributed by atoms with E-state index < -0.39 is 38.2 Å². The summed E-state index contributed by atoms with van der Waals surface area (Å²) in [6.45, 7) is 4.71. The number of methoxy groups -OCH3 is 1. The van der Waals surface area contributed by atoms with E-state index in [9.17, 15) is 22.8 Å². The van der Waals surface area contributed by atoms with Gasteiger partial charge in [-0.3, -0.25) is 4.79 Å². The molecule has 1 amide bonds. The van der Waals surface area contributed by atoms with Gasteiger partial charge in [0.1, 0.15) is 8.07 Å². The monoisotopic (exact) mass is 368 g/mol. The Kier molecular flexibility index (Phi) is 7.95. The number of ether oxygens (including phenoxy) is 1. The first-order valence-electron chi connectivity index (χ1n) is 6.59. The van der Waals surface area contributed by atoms with Crippen LogP contribution in [0.4, 0.5) is 13.2 Å². The van der Waals surface area contributed by atoms with Crippen molar-refractivity contribution >= 4 is 26.4 Å². The van der Waals surface area contributed by atoms with Crippen LogP contribution in [0.5, 0.6) is 0 Å². The van der Waals surface area contributed by atoms with Gasteiger partial charge in [-0.15, -0.1) is 5.54 Å². The SMILES string of the molecule is COO/C=N/C(C#C[Si](C)(C)C)(CNC(=O)C(F)(F)F)C(=O)OC. The van der Waals surface area contributed by atoms with Crippen LogP contribution in [-0.2, 0) is 24.1 Å². The van der Waals surface area contributed by atoms with Gasteiger partial charge in [0, 0.05) is 0 Å².